The number of nitrogens with zero attached hydrogens (tertiary/aromatic N) is 1. The number of hydrogen-bond donors (Lipinski definition) is 0. The summed E-state index contributed by atoms with van der Waals surface area (Å²) in [6, 6.07) is 7.47. The predicted octanol–water partition coefficient (Wildman–Crippen LogP) is 2.16. The molecule has 0 unspecified atom stereocenters. The van der Waals surface area contributed by atoms with Crippen molar-refractivity contribution in [3.8, 4) is 5.75 Å². The second-order valence-electron chi connectivity index (χ2n) is 4.44. The third-order valence-electron chi connectivity index (χ3n) is 2.97. The largest absolute Gasteiger partial charge is 0.497 e. The van der Waals surface area contributed by atoms with E-state index in [4.69, 9.17) is 4.74 Å². The molecule has 1 aromatic carbocycles. The first-order valence-electron chi connectivity index (χ1n) is 6.69. The highest BCUT2D eigenvalue weighted by Gasteiger charge is 2.17. The van der Waals surface area contributed by atoms with Gasteiger partial charge in [0.1, 0.15) is 12.2 Å². The number of methoxy groups -OCH3 is 2. The van der Waals surface area contributed by atoms with Crippen LogP contribution >= 0.6 is 0 Å². The van der Waals surface area contributed by atoms with Gasteiger partial charge in [0.25, 0.3) is 0 Å². The number of hydrogen-bond acceptors (Lipinski definition) is 4. The van der Waals surface area contributed by atoms with Gasteiger partial charge in [-0.3, -0.25) is 9.59 Å². The number of allylic oxidation sites excluding steroid dienone is 1. The van der Waals surface area contributed by atoms with Gasteiger partial charge in [-0.1, -0.05) is 24.3 Å². The first-order chi connectivity index (χ1) is 10.1. The van der Waals surface area contributed by atoms with Crippen molar-refractivity contribution in [2.75, 3.05) is 20.8 Å². The van der Waals surface area contributed by atoms with Crippen LogP contribution in [0.4, 0.5) is 0 Å². The molecule has 0 bridgehead atoms. The highest BCUT2D eigenvalue weighted by atomic mass is 16.5. The lowest BCUT2D eigenvalue weighted by molar-refractivity contribution is -0.146. The summed E-state index contributed by atoms with van der Waals surface area (Å²) in [5, 5.41) is 0. The smallest absolute Gasteiger partial charge is 0.315 e. The van der Waals surface area contributed by atoms with Gasteiger partial charge in [0.15, 0.2) is 0 Å². The molecule has 1 aromatic rings. The Morgan fingerprint density at radius 2 is 1.86 bits per heavy atom. The fraction of sp³-hybridized carbons (Fsp3) is 0.375. The maximum Gasteiger partial charge on any atom is 0.315 e. The molecule has 0 saturated heterocycles. The molecule has 0 fully saturated rings. The summed E-state index contributed by atoms with van der Waals surface area (Å²) >= 11 is 0. The number of amides is 1. The van der Waals surface area contributed by atoms with Gasteiger partial charge in [0.2, 0.25) is 5.91 Å². The Morgan fingerprint density at radius 3 is 2.38 bits per heavy atom. The van der Waals surface area contributed by atoms with Crippen molar-refractivity contribution in [3.05, 3.63) is 42.0 Å². The first kappa shape index (κ1) is 16.8. The van der Waals surface area contributed by atoms with E-state index in [1.54, 1.807) is 12.0 Å². The number of ether oxygens (including phenoxy) is 2. The highest BCUT2D eigenvalue weighted by molar-refractivity contribution is 5.94. The molecule has 0 spiro atoms. The summed E-state index contributed by atoms with van der Waals surface area (Å²) in [6.45, 7) is 2.78. The molecule has 1 rings (SSSR count). The van der Waals surface area contributed by atoms with Crippen molar-refractivity contribution in [1.29, 1.82) is 0 Å². The van der Waals surface area contributed by atoms with Crippen LogP contribution in [0.25, 0.3) is 0 Å². The van der Waals surface area contributed by atoms with Crippen molar-refractivity contribution < 1.29 is 19.1 Å². The van der Waals surface area contributed by atoms with Crippen molar-refractivity contribution in [1.82, 2.24) is 4.90 Å². The second-order valence-corrected chi connectivity index (χ2v) is 4.44. The number of benzene rings is 1. The predicted molar refractivity (Wildman–Crippen MR) is 79.9 cm³/mol. The topological polar surface area (TPSA) is 55.8 Å². The zero-order chi connectivity index (χ0) is 15.7. The third-order valence-corrected chi connectivity index (χ3v) is 2.97. The minimum atomic E-state index is -0.528. The van der Waals surface area contributed by atoms with Crippen LogP contribution < -0.4 is 4.74 Å². The first-order valence-corrected chi connectivity index (χ1v) is 6.69. The Balaban J connectivity index is 2.76. The maximum absolute atomic E-state index is 12.1. The molecule has 0 N–H and O–H groups in total. The molecule has 0 aromatic heterocycles. The van der Waals surface area contributed by atoms with Crippen LogP contribution in [0.5, 0.6) is 5.75 Å². The van der Waals surface area contributed by atoms with E-state index >= 15 is 0 Å². The fourth-order valence-corrected chi connectivity index (χ4v) is 1.75. The van der Waals surface area contributed by atoms with Crippen molar-refractivity contribution in [3.63, 3.8) is 0 Å². The summed E-state index contributed by atoms with van der Waals surface area (Å²) in [5.41, 5.74) is 0.971. The van der Waals surface area contributed by atoms with Crippen LogP contribution in [0, 0.1) is 0 Å². The number of carbonyl (C=O) groups excluding carboxylic acids is 2. The molecule has 0 aliphatic heterocycles. The molecule has 5 nitrogen and oxygen atoms in total. The molecule has 0 aliphatic carbocycles. The van der Waals surface area contributed by atoms with Gasteiger partial charge in [0.05, 0.1) is 14.2 Å². The van der Waals surface area contributed by atoms with Crippen LogP contribution in [0.3, 0.4) is 0 Å². The normalized spacial score (nSPS) is 10.4. The molecule has 0 radical (unpaired) electrons. The van der Waals surface area contributed by atoms with Crippen LogP contribution in [0.15, 0.2) is 36.4 Å². The average Bonchev–Trinajstić information content (AvgIpc) is 2.51. The Bertz CT molecular complexity index is 494. The Morgan fingerprint density at radius 1 is 1.19 bits per heavy atom. The summed E-state index contributed by atoms with van der Waals surface area (Å²) in [4.78, 5) is 25.0. The molecule has 21 heavy (non-hydrogen) atoms. The van der Waals surface area contributed by atoms with E-state index < -0.39 is 5.97 Å². The molecule has 0 atom stereocenters. The van der Waals surface area contributed by atoms with Gasteiger partial charge in [0, 0.05) is 13.1 Å². The van der Waals surface area contributed by atoms with Crippen molar-refractivity contribution in [2.24, 2.45) is 0 Å². The monoisotopic (exact) mass is 291 g/mol. The van der Waals surface area contributed by atoms with Crippen LogP contribution in [0.1, 0.15) is 18.9 Å². The van der Waals surface area contributed by atoms with E-state index in [-0.39, 0.29) is 12.3 Å². The summed E-state index contributed by atoms with van der Waals surface area (Å²) in [7, 11) is 2.88. The molecular formula is C16H21NO4. The molecular weight excluding hydrogens is 270 g/mol. The maximum atomic E-state index is 12.1. The van der Waals surface area contributed by atoms with E-state index in [0.717, 1.165) is 11.3 Å². The van der Waals surface area contributed by atoms with Crippen LogP contribution in [-0.2, 0) is 20.9 Å². The van der Waals surface area contributed by atoms with Crippen LogP contribution in [-0.4, -0.2) is 37.5 Å². The number of carbonyl (C=O) groups is 2. The summed E-state index contributed by atoms with van der Waals surface area (Å²) in [6.07, 6.45) is 3.50. The van der Waals surface area contributed by atoms with Gasteiger partial charge in [-0.2, -0.15) is 0 Å². The minimum Gasteiger partial charge on any atom is -0.497 e. The Labute approximate surface area is 125 Å². The summed E-state index contributed by atoms with van der Waals surface area (Å²) in [5.74, 6) is -0.0179. The number of esters is 1. The summed E-state index contributed by atoms with van der Waals surface area (Å²) < 4.78 is 9.64. The van der Waals surface area contributed by atoms with Crippen molar-refractivity contribution >= 4 is 11.9 Å². The van der Waals surface area contributed by atoms with Crippen molar-refractivity contribution in [2.45, 2.75) is 19.9 Å². The average molecular weight is 291 g/mol. The zero-order valence-electron chi connectivity index (χ0n) is 12.7. The quantitative estimate of drug-likeness (QED) is 0.439. The molecule has 0 aliphatic rings. The lowest BCUT2D eigenvalue weighted by Crippen LogP contribution is -2.32. The molecule has 1 amide bonds. The third kappa shape index (κ3) is 5.69. The molecule has 0 heterocycles. The van der Waals surface area contributed by atoms with E-state index in [2.05, 4.69) is 4.74 Å². The fourth-order valence-electron chi connectivity index (χ4n) is 1.75. The molecule has 114 valence electrons. The standard InChI is InChI=1S/C16H21NO4/c1-4-5-10-17(15(18)11-16(19)21-3)12-13-6-8-14(20-2)9-7-13/h4-9H,10-12H2,1-3H3/b5-4+. The minimum absolute atomic E-state index is 0.246. The van der Waals surface area contributed by atoms with E-state index in [0.29, 0.717) is 13.1 Å². The van der Waals surface area contributed by atoms with Gasteiger partial charge in [-0.15, -0.1) is 0 Å². The second kappa shape index (κ2) is 8.79. The Hall–Kier alpha value is -2.30. The zero-order valence-corrected chi connectivity index (χ0v) is 12.7. The van der Waals surface area contributed by atoms with Gasteiger partial charge in [-0.25, -0.2) is 0 Å². The Kier molecular flexibility index (Phi) is 7.01. The van der Waals surface area contributed by atoms with E-state index in [1.807, 2.05) is 43.3 Å². The number of rotatable bonds is 7. The SMILES string of the molecule is C/C=C/CN(Cc1ccc(OC)cc1)C(=O)CC(=O)OC. The highest BCUT2D eigenvalue weighted by Crippen LogP contribution is 2.13. The van der Waals surface area contributed by atoms with Crippen LogP contribution in [0.2, 0.25) is 0 Å². The van der Waals surface area contributed by atoms with Gasteiger partial charge < -0.3 is 14.4 Å². The van der Waals surface area contributed by atoms with Gasteiger partial charge in [-0.05, 0) is 24.6 Å². The molecule has 5 heteroatoms. The lowest BCUT2D eigenvalue weighted by atomic mass is 10.2. The molecule has 0 saturated carbocycles. The van der Waals surface area contributed by atoms with E-state index in [9.17, 15) is 9.59 Å². The lowest BCUT2D eigenvalue weighted by Gasteiger charge is -2.21. The van der Waals surface area contributed by atoms with Gasteiger partial charge >= 0.3 is 5.97 Å². The van der Waals surface area contributed by atoms with E-state index in [1.165, 1.54) is 7.11 Å².